The first-order valence-corrected chi connectivity index (χ1v) is 6.35. The molecule has 0 aliphatic heterocycles. The molecule has 0 bridgehead atoms. The van der Waals surface area contributed by atoms with Crippen LogP contribution in [0.25, 0.3) is 0 Å². The number of rotatable bonds is 6. The van der Waals surface area contributed by atoms with Crippen molar-refractivity contribution in [2.45, 2.75) is 26.8 Å². The molecule has 1 unspecified atom stereocenters. The Labute approximate surface area is 101 Å². The second kappa shape index (κ2) is 5.46. The molecule has 3 nitrogen and oxygen atoms in total. The lowest BCUT2D eigenvalue weighted by Crippen LogP contribution is -2.38. The van der Waals surface area contributed by atoms with Crippen molar-refractivity contribution < 1.29 is 9.90 Å². The van der Waals surface area contributed by atoms with E-state index in [4.69, 9.17) is 0 Å². The Bertz CT molecular complexity index is 337. The number of thiophene rings is 1. The molecule has 0 aliphatic carbocycles. The third kappa shape index (κ3) is 3.32. The summed E-state index contributed by atoms with van der Waals surface area (Å²) >= 11 is 1.67. The van der Waals surface area contributed by atoms with E-state index in [2.05, 4.69) is 16.3 Å². The first-order chi connectivity index (χ1) is 7.48. The minimum absolute atomic E-state index is 0.578. The highest BCUT2D eigenvalue weighted by Crippen LogP contribution is 2.23. The number of carboxylic acids is 1. The molecule has 1 N–H and O–H groups in total. The molecule has 1 aromatic rings. The van der Waals surface area contributed by atoms with Crippen LogP contribution < -0.4 is 0 Å². The Kier molecular flexibility index (Phi) is 4.50. The van der Waals surface area contributed by atoms with E-state index in [-0.39, 0.29) is 0 Å². The predicted octanol–water partition coefficient (Wildman–Crippen LogP) is 2.68. The largest absolute Gasteiger partial charge is 0.481 e. The van der Waals surface area contributed by atoms with Crippen LogP contribution in [0.3, 0.4) is 0 Å². The smallest absolute Gasteiger partial charge is 0.310 e. The molecule has 0 radical (unpaired) electrons. The zero-order valence-electron chi connectivity index (χ0n) is 10.1. The number of aliphatic carboxylic acids is 1. The van der Waals surface area contributed by atoms with Gasteiger partial charge in [0.25, 0.3) is 0 Å². The van der Waals surface area contributed by atoms with Crippen molar-refractivity contribution in [3.8, 4) is 0 Å². The van der Waals surface area contributed by atoms with Gasteiger partial charge < -0.3 is 10.0 Å². The summed E-state index contributed by atoms with van der Waals surface area (Å²) in [4.78, 5) is 13.2. The van der Waals surface area contributed by atoms with Gasteiger partial charge in [0.1, 0.15) is 0 Å². The SMILES string of the molecule is CCC(C)(CN(C)Cc1ccsc1)C(=O)O. The number of nitrogens with zero attached hydrogens (tertiary/aromatic N) is 1. The van der Waals surface area contributed by atoms with E-state index in [9.17, 15) is 9.90 Å². The van der Waals surface area contributed by atoms with Crippen molar-refractivity contribution in [1.29, 1.82) is 0 Å². The fourth-order valence-corrected chi connectivity index (χ4v) is 2.34. The van der Waals surface area contributed by atoms with Crippen molar-refractivity contribution in [2.75, 3.05) is 13.6 Å². The van der Waals surface area contributed by atoms with Gasteiger partial charge in [-0.3, -0.25) is 4.79 Å². The van der Waals surface area contributed by atoms with Crippen molar-refractivity contribution in [3.63, 3.8) is 0 Å². The van der Waals surface area contributed by atoms with Gasteiger partial charge >= 0.3 is 5.97 Å². The average molecular weight is 241 g/mol. The first kappa shape index (κ1) is 13.2. The van der Waals surface area contributed by atoms with Crippen LogP contribution in [0.4, 0.5) is 0 Å². The predicted molar refractivity (Wildman–Crippen MR) is 66.7 cm³/mol. The lowest BCUT2D eigenvalue weighted by atomic mass is 9.87. The standard InChI is InChI=1S/C12H19NO2S/c1-4-12(2,11(14)15)9-13(3)7-10-5-6-16-8-10/h5-6,8H,4,7,9H2,1-3H3,(H,14,15). The normalized spacial score (nSPS) is 15.0. The van der Waals surface area contributed by atoms with Gasteiger partial charge in [-0.15, -0.1) is 0 Å². The van der Waals surface area contributed by atoms with Crippen LogP contribution in [0.1, 0.15) is 25.8 Å². The Morgan fingerprint density at radius 3 is 2.75 bits per heavy atom. The van der Waals surface area contributed by atoms with Crippen LogP contribution in [0.2, 0.25) is 0 Å². The maximum absolute atomic E-state index is 11.2. The maximum Gasteiger partial charge on any atom is 0.310 e. The summed E-state index contributed by atoms with van der Waals surface area (Å²) in [6, 6.07) is 2.07. The minimum Gasteiger partial charge on any atom is -0.481 e. The molecular weight excluding hydrogens is 222 g/mol. The van der Waals surface area contributed by atoms with Crippen molar-refractivity contribution in [1.82, 2.24) is 4.90 Å². The van der Waals surface area contributed by atoms with Crippen molar-refractivity contribution in [2.24, 2.45) is 5.41 Å². The van der Waals surface area contributed by atoms with Gasteiger partial charge in [0.05, 0.1) is 5.41 Å². The van der Waals surface area contributed by atoms with E-state index in [1.165, 1.54) is 5.56 Å². The molecule has 0 aromatic carbocycles. The molecular formula is C12H19NO2S. The van der Waals surface area contributed by atoms with Gasteiger partial charge in [0, 0.05) is 13.1 Å². The van der Waals surface area contributed by atoms with Gasteiger partial charge in [0.15, 0.2) is 0 Å². The van der Waals surface area contributed by atoms with Crippen LogP contribution in [0.5, 0.6) is 0 Å². The Hall–Kier alpha value is -0.870. The third-order valence-corrected chi connectivity index (χ3v) is 3.68. The summed E-state index contributed by atoms with van der Waals surface area (Å²) in [7, 11) is 1.97. The van der Waals surface area contributed by atoms with Crippen LogP contribution in [-0.4, -0.2) is 29.6 Å². The van der Waals surface area contributed by atoms with Gasteiger partial charge in [-0.25, -0.2) is 0 Å². The lowest BCUT2D eigenvalue weighted by molar-refractivity contribution is -0.149. The zero-order valence-corrected chi connectivity index (χ0v) is 10.9. The number of hydrogen-bond donors (Lipinski definition) is 1. The topological polar surface area (TPSA) is 40.5 Å². The van der Waals surface area contributed by atoms with Crippen LogP contribution in [0.15, 0.2) is 16.8 Å². The molecule has 0 fully saturated rings. The molecule has 1 aromatic heterocycles. The van der Waals surface area contributed by atoms with E-state index in [0.29, 0.717) is 13.0 Å². The van der Waals surface area contributed by atoms with E-state index < -0.39 is 11.4 Å². The highest BCUT2D eigenvalue weighted by molar-refractivity contribution is 7.07. The average Bonchev–Trinajstić information content (AvgIpc) is 2.69. The number of carbonyl (C=O) groups is 1. The Balaban J connectivity index is 2.56. The lowest BCUT2D eigenvalue weighted by Gasteiger charge is -2.28. The summed E-state index contributed by atoms with van der Waals surface area (Å²) in [5.74, 6) is -0.716. The van der Waals surface area contributed by atoms with Crippen LogP contribution in [-0.2, 0) is 11.3 Å². The Morgan fingerprint density at radius 2 is 2.31 bits per heavy atom. The second-order valence-electron chi connectivity index (χ2n) is 4.52. The molecule has 0 spiro atoms. The van der Waals surface area contributed by atoms with Gasteiger partial charge in [-0.1, -0.05) is 6.92 Å². The molecule has 16 heavy (non-hydrogen) atoms. The minimum atomic E-state index is -0.716. The summed E-state index contributed by atoms with van der Waals surface area (Å²) < 4.78 is 0. The van der Waals surface area contributed by atoms with Gasteiger partial charge in [-0.2, -0.15) is 11.3 Å². The van der Waals surface area contributed by atoms with Crippen LogP contribution >= 0.6 is 11.3 Å². The molecule has 4 heteroatoms. The summed E-state index contributed by atoms with van der Waals surface area (Å²) in [6.45, 7) is 5.12. The van der Waals surface area contributed by atoms with Crippen molar-refractivity contribution >= 4 is 17.3 Å². The zero-order chi connectivity index (χ0) is 12.2. The van der Waals surface area contributed by atoms with Crippen LogP contribution in [0, 0.1) is 5.41 Å². The molecule has 1 heterocycles. The van der Waals surface area contributed by atoms with E-state index in [1.54, 1.807) is 18.3 Å². The van der Waals surface area contributed by atoms with E-state index >= 15 is 0 Å². The number of carboxylic acid groups (broad SMARTS) is 1. The Morgan fingerprint density at radius 1 is 1.62 bits per heavy atom. The molecule has 1 rings (SSSR count). The summed E-state index contributed by atoms with van der Waals surface area (Å²) in [5.41, 5.74) is 0.599. The first-order valence-electron chi connectivity index (χ1n) is 5.41. The molecule has 0 saturated heterocycles. The molecule has 0 aliphatic rings. The highest BCUT2D eigenvalue weighted by atomic mass is 32.1. The van der Waals surface area contributed by atoms with E-state index in [1.807, 2.05) is 19.4 Å². The highest BCUT2D eigenvalue weighted by Gasteiger charge is 2.32. The fourth-order valence-electron chi connectivity index (χ4n) is 1.68. The monoisotopic (exact) mass is 241 g/mol. The van der Waals surface area contributed by atoms with Crippen molar-refractivity contribution in [3.05, 3.63) is 22.4 Å². The number of hydrogen-bond acceptors (Lipinski definition) is 3. The molecule has 0 amide bonds. The molecule has 1 atom stereocenters. The van der Waals surface area contributed by atoms with E-state index in [0.717, 1.165) is 6.54 Å². The summed E-state index contributed by atoms with van der Waals surface area (Å²) in [5, 5.41) is 13.3. The quantitative estimate of drug-likeness (QED) is 0.832. The van der Waals surface area contributed by atoms with Gasteiger partial charge in [0.2, 0.25) is 0 Å². The van der Waals surface area contributed by atoms with Gasteiger partial charge in [-0.05, 0) is 42.8 Å². The molecule has 0 saturated carbocycles. The fraction of sp³-hybridized carbons (Fsp3) is 0.583. The second-order valence-corrected chi connectivity index (χ2v) is 5.30. The third-order valence-electron chi connectivity index (χ3n) is 2.95. The summed E-state index contributed by atoms with van der Waals surface area (Å²) in [6.07, 6.45) is 0.649. The molecule has 90 valence electrons. The maximum atomic E-state index is 11.2.